The van der Waals surface area contributed by atoms with E-state index in [0.29, 0.717) is 16.8 Å². The summed E-state index contributed by atoms with van der Waals surface area (Å²) in [5.41, 5.74) is 0. The highest BCUT2D eigenvalue weighted by atomic mass is 35.5. The van der Waals surface area contributed by atoms with Crippen LogP contribution in [0.15, 0.2) is 28.8 Å². The fourth-order valence-corrected chi connectivity index (χ4v) is 3.18. The predicted octanol–water partition coefficient (Wildman–Crippen LogP) is 3.81. The fourth-order valence-electron chi connectivity index (χ4n) is 3.00. The van der Waals surface area contributed by atoms with Gasteiger partial charge in [0.25, 0.3) is 0 Å². The number of aromatic nitrogens is 2. The Morgan fingerprint density at radius 2 is 2.13 bits per heavy atom. The van der Waals surface area contributed by atoms with Crippen molar-refractivity contribution in [3.05, 3.63) is 41.0 Å². The smallest absolute Gasteiger partial charge is 0.243 e. The van der Waals surface area contributed by atoms with Crippen molar-refractivity contribution in [3.63, 3.8) is 0 Å². The minimum absolute atomic E-state index is 0.120. The van der Waals surface area contributed by atoms with Crippen LogP contribution in [0.5, 0.6) is 5.75 Å². The second kappa shape index (κ2) is 6.13. The van der Waals surface area contributed by atoms with Gasteiger partial charge in [-0.05, 0) is 38.3 Å². The zero-order chi connectivity index (χ0) is 15.8. The van der Waals surface area contributed by atoms with E-state index >= 15 is 0 Å². The minimum Gasteiger partial charge on any atom is -0.487 e. The van der Waals surface area contributed by atoms with Gasteiger partial charge in [0.1, 0.15) is 11.9 Å². The first-order chi connectivity index (χ1) is 11.2. The lowest BCUT2D eigenvalue weighted by Crippen LogP contribution is -2.27. The van der Waals surface area contributed by atoms with Crippen molar-refractivity contribution in [2.45, 2.75) is 44.2 Å². The van der Waals surface area contributed by atoms with E-state index in [1.807, 2.05) is 24.3 Å². The maximum Gasteiger partial charge on any atom is 0.243 e. The van der Waals surface area contributed by atoms with Gasteiger partial charge in [0.15, 0.2) is 5.82 Å². The lowest BCUT2D eigenvalue weighted by atomic mass is 10.3. The average molecular weight is 334 g/mol. The summed E-state index contributed by atoms with van der Waals surface area (Å²) in [4.78, 5) is 6.88. The molecule has 122 valence electrons. The Morgan fingerprint density at radius 1 is 1.30 bits per heavy atom. The molecule has 1 aliphatic heterocycles. The van der Waals surface area contributed by atoms with Crippen molar-refractivity contribution in [2.75, 3.05) is 13.1 Å². The lowest BCUT2D eigenvalue weighted by Gasteiger charge is -2.21. The van der Waals surface area contributed by atoms with Crippen LogP contribution in [-0.2, 0) is 0 Å². The molecule has 6 heteroatoms. The van der Waals surface area contributed by atoms with E-state index in [2.05, 4.69) is 22.0 Å². The molecule has 23 heavy (non-hydrogen) atoms. The second-order valence-electron chi connectivity index (χ2n) is 6.39. The molecule has 0 spiro atoms. The molecule has 2 fully saturated rings. The predicted molar refractivity (Wildman–Crippen MR) is 86.7 cm³/mol. The summed E-state index contributed by atoms with van der Waals surface area (Å²) in [7, 11) is 0. The Hall–Kier alpha value is -1.59. The van der Waals surface area contributed by atoms with Crippen LogP contribution in [0.1, 0.15) is 49.9 Å². The quantitative estimate of drug-likeness (QED) is 0.832. The molecule has 4 rings (SSSR count). The molecule has 5 nitrogen and oxygen atoms in total. The summed E-state index contributed by atoms with van der Waals surface area (Å²) in [5.74, 6) is 2.86. The van der Waals surface area contributed by atoms with Crippen molar-refractivity contribution < 1.29 is 9.26 Å². The van der Waals surface area contributed by atoms with Gasteiger partial charge < -0.3 is 9.26 Å². The van der Waals surface area contributed by atoms with Gasteiger partial charge in [-0.15, -0.1) is 0 Å². The molecule has 2 aromatic rings. The summed E-state index contributed by atoms with van der Waals surface area (Å²) in [6.07, 6.45) is 3.48. The first-order valence-electron chi connectivity index (χ1n) is 8.19. The van der Waals surface area contributed by atoms with Crippen LogP contribution in [0.2, 0.25) is 5.02 Å². The topological polar surface area (TPSA) is 51.4 Å². The van der Waals surface area contributed by atoms with Crippen LogP contribution in [0.3, 0.4) is 0 Å². The third-order valence-corrected chi connectivity index (χ3v) is 4.92. The van der Waals surface area contributed by atoms with E-state index in [-0.39, 0.29) is 12.1 Å². The molecule has 1 aliphatic carbocycles. The van der Waals surface area contributed by atoms with Gasteiger partial charge in [0.05, 0.1) is 11.1 Å². The molecule has 2 unspecified atom stereocenters. The zero-order valence-corrected chi connectivity index (χ0v) is 13.9. The summed E-state index contributed by atoms with van der Waals surface area (Å²) >= 11 is 6.16. The van der Waals surface area contributed by atoms with Crippen LogP contribution in [0.4, 0.5) is 0 Å². The third kappa shape index (κ3) is 3.21. The maximum atomic E-state index is 6.16. The molecule has 2 atom stereocenters. The summed E-state index contributed by atoms with van der Waals surface area (Å²) in [6, 6.07) is 7.73. The first kappa shape index (κ1) is 15.0. The van der Waals surface area contributed by atoms with Gasteiger partial charge >= 0.3 is 0 Å². The van der Waals surface area contributed by atoms with Gasteiger partial charge in [-0.3, -0.25) is 4.90 Å². The van der Waals surface area contributed by atoms with E-state index in [1.165, 1.54) is 12.8 Å². The Labute approximate surface area is 140 Å². The van der Waals surface area contributed by atoms with E-state index in [1.54, 1.807) is 0 Å². The van der Waals surface area contributed by atoms with Crippen molar-refractivity contribution >= 4 is 11.6 Å². The number of ether oxygens (including phenoxy) is 1. The Kier molecular flexibility index (Phi) is 3.99. The van der Waals surface area contributed by atoms with E-state index in [9.17, 15) is 0 Å². The average Bonchev–Trinajstić information content (AvgIpc) is 3.11. The number of para-hydroxylation sites is 1. The number of hydrogen-bond donors (Lipinski definition) is 0. The Bertz CT molecular complexity index is 686. The van der Waals surface area contributed by atoms with Crippen molar-refractivity contribution in [1.82, 2.24) is 15.0 Å². The molecule has 1 saturated carbocycles. The van der Waals surface area contributed by atoms with Crippen LogP contribution in [-0.4, -0.2) is 34.2 Å². The third-order valence-electron chi connectivity index (χ3n) is 4.61. The number of likely N-dealkylation sites (tertiary alicyclic amines) is 1. The molecule has 0 bridgehead atoms. The van der Waals surface area contributed by atoms with Gasteiger partial charge in [0.2, 0.25) is 5.89 Å². The molecule has 1 saturated heterocycles. The lowest BCUT2D eigenvalue weighted by molar-refractivity contribution is 0.166. The van der Waals surface area contributed by atoms with Crippen LogP contribution >= 0.6 is 11.6 Å². The molecule has 2 aliphatic rings. The normalized spacial score (nSPS) is 23.1. The highest BCUT2D eigenvalue weighted by molar-refractivity contribution is 6.32. The van der Waals surface area contributed by atoms with Gasteiger partial charge in [-0.1, -0.05) is 28.9 Å². The van der Waals surface area contributed by atoms with E-state index in [4.69, 9.17) is 20.9 Å². The molecule has 0 amide bonds. The Balaban J connectivity index is 1.38. The molecule has 1 aromatic heterocycles. The van der Waals surface area contributed by atoms with Crippen molar-refractivity contribution in [3.8, 4) is 5.75 Å². The molecule has 0 radical (unpaired) electrons. The maximum absolute atomic E-state index is 6.16. The number of hydrogen-bond acceptors (Lipinski definition) is 5. The van der Waals surface area contributed by atoms with Crippen LogP contribution in [0, 0.1) is 0 Å². The fraction of sp³-hybridized carbons (Fsp3) is 0.529. The monoisotopic (exact) mass is 333 g/mol. The van der Waals surface area contributed by atoms with Crippen molar-refractivity contribution in [2.24, 2.45) is 0 Å². The van der Waals surface area contributed by atoms with Crippen LogP contribution in [0.25, 0.3) is 0 Å². The van der Waals surface area contributed by atoms with Gasteiger partial charge in [0, 0.05) is 19.0 Å². The molecule has 0 N–H and O–H groups in total. The second-order valence-corrected chi connectivity index (χ2v) is 6.80. The van der Waals surface area contributed by atoms with Gasteiger partial charge in [-0.2, -0.15) is 4.98 Å². The molecule has 2 heterocycles. The number of nitrogens with zero attached hydrogens (tertiary/aromatic N) is 3. The summed E-state index contributed by atoms with van der Waals surface area (Å²) < 4.78 is 11.5. The summed E-state index contributed by atoms with van der Waals surface area (Å²) in [5, 5.41) is 4.76. The summed E-state index contributed by atoms with van der Waals surface area (Å²) in [6.45, 7) is 3.91. The van der Waals surface area contributed by atoms with Crippen LogP contribution < -0.4 is 4.74 Å². The number of halogens is 1. The molecular weight excluding hydrogens is 314 g/mol. The highest BCUT2D eigenvalue weighted by Gasteiger charge is 2.33. The minimum atomic E-state index is 0.120. The molecule has 1 aromatic carbocycles. The van der Waals surface area contributed by atoms with E-state index in [0.717, 1.165) is 31.1 Å². The van der Waals surface area contributed by atoms with Crippen molar-refractivity contribution in [1.29, 1.82) is 0 Å². The Morgan fingerprint density at radius 3 is 2.91 bits per heavy atom. The molecular formula is C17H20ClN3O2. The van der Waals surface area contributed by atoms with E-state index < -0.39 is 0 Å². The standard InChI is InChI=1S/C17H20ClN3O2/c1-11(17-19-16(20-23-17)12-6-7-12)21-9-8-13(10-21)22-15-5-3-2-4-14(15)18/h2-5,11-13H,6-10H2,1H3. The SMILES string of the molecule is CC(c1nc(C2CC2)no1)N1CCC(Oc2ccccc2Cl)C1. The number of benzene rings is 1. The largest absolute Gasteiger partial charge is 0.487 e. The highest BCUT2D eigenvalue weighted by Crippen LogP contribution is 2.39. The number of rotatable bonds is 5. The van der Waals surface area contributed by atoms with Gasteiger partial charge in [-0.25, -0.2) is 0 Å². The first-order valence-corrected chi connectivity index (χ1v) is 8.57. The zero-order valence-electron chi connectivity index (χ0n) is 13.1.